The normalized spacial score (nSPS) is 11.1. The van der Waals surface area contributed by atoms with Crippen LogP contribution < -0.4 is 16.0 Å². The van der Waals surface area contributed by atoms with Gasteiger partial charge in [0.1, 0.15) is 23.5 Å². The third-order valence-electron chi connectivity index (χ3n) is 2.46. The maximum absolute atomic E-state index is 13.4. The van der Waals surface area contributed by atoms with Gasteiger partial charge in [-0.15, -0.1) is 0 Å². The number of hydrogen-bond donors (Lipinski definition) is 3. The number of anilines is 1. The fourth-order valence-corrected chi connectivity index (χ4v) is 1.48. The highest BCUT2D eigenvalue weighted by Crippen LogP contribution is 2.18. The number of rotatable bonds is 4. The van der Waals surface area contributed by atoms with Gasteiger partial charge in [0.25, 0.3) is 0 Å². The Morgan fingerprint density at radius 3 is 2.75 bits per heavy atom. The minimum absolute atomic E-state index is 0.176. The third kappa shape index (κ3) is 3.95. The molecule has 3 N–H and O–H groups in total. The first-order valence-electron chi connectivity index (χ1n) is 6.03. The highest BCUT2D eigenvalue weighted by Gasteiger charge is 2.17. The predicted molar refractivity (Wildman–Crippen MR) is 71.4 cm³/mol. The minimum atomic E-state index is -0.800. The lowest BCUT2D eigenvalue weighted by Gasteiger charge is -2.15. The molecule has 0 aliphatic carbocycles. The van der Waals surface area contributed by atoms with Crippen molar-refractivity contribution in [2.45, 2.75) is 19.9 Å². The second-order valence-electron chi connectivity index (χ2n) is 3.99. The summed E-state index contributed by atoms with van der Waals surface area (Å²) in [5.74, 6) is -1.25. The smallest absolute Gasteiger partial charge is 0.321 e. The van der Waals surface area contributed by atoms with Gasteiger partial charge in [-0.2, -0.15) is 5.26 Å². The van der Waals surface area contributed by atoms with Crippen molar-refractivity contribution in [3.8, 4) is 6.07 Å². The molecule has 0 saturated carbocycles. The molecule has 0 aliphatic rings. The van der Waals surface area contributed by atoms with Crippen LogP contribution >= 0.6 is 0 Å². The highest BCUT2D eigenvalue weighted by molar-refractivity contribution is 5.98. The topological polar surface area (TPSA) is 94.0 Å². The summed E-state index contributed by atoms with van der Waals surface area (Å²) in [7, 11) is 0. The van der Waals surface area contributed by atoms with Crippen LogP contribution in [0.25, 0.3) is 0 Å². The fraction of sp³-hybridized carbons (Fsp3) is 0.308. The standard InChI is InChI=1S/C13H15FN4O2/c1-3-16-13(20)18-12(19)8(2)17-11-6-4-5-10(14)9(11)7-15/h4-6,8,17H,3H2,1-2H3,(H2,16,18,19,20). The maximum Gasteiger partial charge on any atom is 0.321 e. The van der Waals surface area contributed by atoms with Crippen LogP contribution in [-0.2, 0) is 4.79 Å². The zero-order chi connectivity index (χ0) is 15.1. The van der Waals surface area contributed by atoms with Crippen molar-refractivity contribution in [2.75, 3.05) is 11.9 Å². The van der Waals surface area contributed by atoms with E-state index in [1.807, 2.05) is 0 Å². The minimum Gasteiger partial charge on any atom is -0.373 e. The van der Waals surface area contributed by atoms with Crippen molar-refractivity contribution in [3.05, 3.63) is 29.6 Å². The lowest BCUT2D eigenvalue weighted by molar-refractivity contribution is -0.120. The van der Waals surface area contributed by atoms with E-state index in [0.29, 0.717) is 6.54 Å². The molecule has 106 valence electrons. The van der Waals surface area contributed by atoms with Crippen molar-refractivity contribution >= 4 is 17.6 Å². The van der Waals surface area contributed by atoms with Crippen LogP contribution in [0.15, 0.2) is 18.2 Å². The van der Waals surface area contributed by atoms with Gasteiger partial charge in [-0.25, -0.2) is 9.18 Å². The molecule has 0 heterocycles. The van der Waals surface area contributed by atoms with E-state index in [-0.39, 0.29) is 11.3 Å². The molecule has 3 amide bonds. The number of benzene rings is 1. The molecule has 0 aliphatic heterocycles. The summed E-state index contributed by atoms with van der Waals surface area (Å²) < 4.78 is 13.4. The predicted octanol–water partition coefficient (Wildman–Crippen LogP) is 1.34. The summed E-state index contributed by atoms with van der Waals surface area (Å²) in [6, 6.07) is 4.38. The number of nitrogens with one attached hydrogen (secondary N) is 3. The monoisotopic (exact) mass is 278 g/mol. The summed E-state index contributed by atoms with van der Waals surface area (Å²) in [4.78, 5) is 22.9. The molecular weight excluding hydrogens is 263 g/mol. The number of halogens is 1. The van der Waals surface area contributed by atoms with Crippen LogP contribution in [0.2, 0.25) is 0 Å². The first-order valence-corrected chi connectivity index (χ1v) is 6.03. The van der Waals surface area contributed by atoms with E-state index in [4.69, 9.17) is 5.26 Å². The zero-order valence-corrected chi connectivity index (χ0v) is 11.2. The molecule has 1 atom stereocenters. The Bertz CT molecular complexity index is 554. The second-order valence-corrected chi connectivity index (χ2v) is 3.99. The first-order chi connectivity index (χ1) is 9.49. The van der Waals surface area contributed by atoms with Crippen molar-refractivity contribution in [1.29, 1.82) is 5.26 Å². The van der Waals surface area contributed by atoms with Gasteiger partial charge in [-0.1, -0.05) is 6.07 Å². The SMILES string of the molecule is CCNC(=O)NC(=O)C(C)Nc1cccc(F)c1C#N. The van der Waals surface area contributed by atoms with Gasteiger partial charge in [-0.05, 0) is 26.0 Å². The van der Waals surface area contributed by atoms with Gasteiger partial charge in [-0.3, -0.25) is 10.1 Å². The number of carbonyl (C=O) groups is 2. The van der Waals surface area contributed by atoms with Crippen LogP contribution in [-0.4, -0.2) is 24.5 Å². The molecule has 1 unspecified atom stereocenters. The van der Waals surface area contributed by atoms with Crippen LogP contribution in [0.4, 0.5) is 14.9 Å². The molecule has 20 heavy (non-hydrogen) atoms. The molecule has 0 fully saturated rings. The van der Waals surface area contributed by atoms with Crippen molar-refractivity contribution < 1.29 is 14.0 Å². The van der Waals surface area contributed by atoms with Gasteiger partial charge in [0.05, 0.1) is 5.69 Å². The highest BCUT2D eigenvalue weighted by atomic mass is 19.1. The quantitative estimate of drug-likeness (QED) is 0.774. The number of urea groups is 1. The summed E-state index contributed by atoms with van der Waals surface area (Å²) in [5, 5.41) is 16.1. The molecule has 1 rings (SSSR count). The van der Waals surface area contributed by atoms with E-state index < -0.39 is 23.8 Å². The number of nitriles is 1. The van der Waals surface area contributed by atoms with Crippen molar-refractivity contribution in [1.82, 2.24) is 10.6 Å². The van der Waals surface area contributed by atoms with Gasteiger partial charge in [0, 0.05) is 6.54 Å². The molecule has 0 radical (unpaired) electrons. The summed E-state index contributed by atoms with van der Waals surface area (Å²) in [6.45, 7) is 3.61. The van der Waals surface area contributed by atoms with Gasteiger partial charge in [0.15, 0.2) is 0 Å². The molecule has 0 spiro atoms. The number of carbonyl (C=O) groups excluding carboxylic acids is 2. The summed E-state index contributed by atoms with van der Waals surface area (Å²) in [5.41, 5.74) is 0.0243. The Balaban J connectivity index is 2.74. The van der Waals surface area contributed by atoms with Crippen molar-refractivity contribution in [2.24, 2.45) is 0 Å². The summed E-state index contributed by atoms with van der Waals surface area (Å²) >= 11 is 0. The molecule has 7 heteroatoms. The Morgan fingerprint density at radius 1 is 1.45 bits per heavy atom. The fourth-order valence-electron chi connectivity index (χ4n) is 1.48. The van der Waals surface area contributed by atoms with Gasteiger partial charge >= 0.3 is 6.03 Å². The first kappa shape index (κ1) is 15.4. The lowest BCUT2D eigenvalue weighted by Crippen LogP contribution is -2.45. The number of amides is 3. The lowest BCUT2D eigenvalue weighted by atomic mass is 10.1. The van der Waals surface area contributed by atoms with Crippen LogP contribution in [0.5, 0.6) is 0 Å². The van der Waals surface area contributed by atoms with Crippen LogP contribution in [0.1, 0.15) is 19.4 Å². The molecular formula is C13H15FN4O2. The van der Waals surface area contributed by atoms with E-state index in [2.05, 4.69) is 16.0 Å². The third-order valence-corrected chi connectivity index (χ3v) is 2.46. The number of nitrogens with zero attached hydrogens (tertiary/aromatic N) is 1. The molecule has 1 aromatic carbocycles. The Morgan fingerprint density at radius 2 is 2.15 bits per heavy atom. The number of imide groups is 1. The van der Waals surface area contributed by atoms with E-state index >= 15 is 0 Å². The van der Waals surface area contributed by atoms with Gasteiger partial charge in [0.2, 0.25) is 5.91 Å². The average Bonchev–Trinajstić information content (AvgIpc) is 2.39. The van der Waals surface area contributed by atoms with Gasteiger partial charge < -0.3 is 10.6 Å². The molecule has 0 aromatic heterocycles. The second kappa shape index (κ2) is 7.09. The maximum atomic E-state index is 13.4. The largest absolute Gasteiger partial charge is 0.373 e. The van der Waals surface area contributed by atoms with Crippen LogP contribution in [0, 0.1) is 17.1 Å². The number of hydrogen-bond acceptors (Lipinski definition) is 4. The average molecular weight is 278 g/mol. The van der Waals surface area contributed by atoms with Crippen LogP contribution in [0.3, 0.4) is 0 Å². The Hall–Kier alpha value is -2.62. The van der Waals surface area contributed by atoms with Crippen molar-refractivity contribution in [3.63, 3.8) is 0 Å². The summed E-state index contributed by atoms with van der Waals surface area (Å²) in [6.07, 6.45) is 0. The Labute approximate surface area is 116 Å². The molecule has 0 saturated heterocycles. The van der Waals surface area contributed by atoms with E-state index in [9.17, 15) is 14.0 Å². The van der Waals surface area contributed by atoms with E-state index in [1.54, 1.807) is 13.0 Å². The van der Waals surface area contributed by atoms with E-state index in [1.165, 1.54) is 19.1 Å². The zero-order valence-electron chi connectivity index (χ0n) is 11.2. The Kier molecular flexibility index (Phi) is 5.47. The molecule has 6 nitrogen and oxygen atoms in total. The molecule has 1 aromatic rings. The molecule has 0 bridgehead atoms. The van der Waals surface area contributed by atoms with E-state index in [0.717, 1.165) is 6.07 Å².